The van der Waals surface area contributed by atoms with Crippen molar-refractivity contribution in [3.63, 3.8) is 0 Å². The van der Waals surface area contributed by atoms with Gasteiger partial charge in [0.1, 0.15) is 18.8 Å². The van der Waals surface area contributed by atoms with Crippen molar-refractivity contribution in [2.24, 2.45) is 0 Å². The molecule has 1 aliphatic rings. The van der Waals surface area contributed by atoms with Gasteiger partial charge in [0.15, 0.2) is 17.3 Å². The highest BCUT2D eigenvalue weighted by molar-refractivity contribution is 6.31. The topological polar surface area (TPSA) is 68.9 Å². The van der Waals surface area contributed by atoms with E-state index in [4.69, 9.17) is 25.5 Å². The minimum atomic E-state index is -0.529. The fraction of sp³-hybridized carbons (Fsp3) is 0.118. The van der Waals surface area contributed by atoms with Crippen LogP contribution in [-0.2, 0) is 0 Å². The van der Waals surface area contributed by atoms with Crippen molar-refractivity contribution in [1.29, 1.82) is 0 Å². The molecule has 1 aromatic heterocycles. The zero-order valence-corrected chi connectivity index (χ0v) is 12.6. The maximum Gasteiger partial charge on any atom is 0.235 e. The van der Waals surface area contributed by atoms with Crippen LogP contribution in [0.5, 0.6) is 17.2 Å². The number of fused-ring (bicyclic) bond motifs is 2. The van der Waals surface area contributed by atoms with Crippen LogP contribution in [0.4, 0.5) is 0 Å². The third-order valence-electron chi connectivity index (χ3n) is 3.63. The first-order valence-electron chi connectivity index (χ1n) is 6.99. The van der Waals surface area contributed by atoms with Crippen LogP contribution in [0.25, 0.3) is 22.3 Å². The van der Waals surface area contributed by atoms with Gasteiger partial charge < -0.3 is 19.0 Å². The quantitative estimate of drug-likeness (QED) is 0.738. The molecule has 0 bridgehead atoms. The molecule has 0 atom stereocenters. The molecule has 0 aliphatic carbocycles. The van der Waals surface area contributed by atoms with Gasteiger partial charge >= 0.3 is 0 Å². The largest absolute Gasteiger partial charge is 0.502 e. The van der Waals surface area contributed by atoms with Crippen LogP contribution in [0.2, 0.25) is 5.02 Å². The van der Waals surface area contributed by atoms with E-state index in [1.54, 1.807) is 30.3 Å². The lowest BCUT2D eigenvalue weighted by molar-refractivity contribution is 0.171. The summed E-state index contributed by atoms with van der Waals surface area (Å²) in [4.78, 5) is 12.3. The van der Waals surface area contributed by atoms with E-state index in [1.807, 2.05) is 0 Å². The molecule has 116 valence electrons. The molecule has 2 heterocycles. The molecule has 0 spiro atoms. The predicted molar refractivity (Wildman–Crippen MR) is 85.6 cm³/mol. The van der Waals surface area contributed by atoms with Gasteiger partial charge in [-0.1, -0.05) is 11.6 Å². The summed E-state index contributed by atoms with van der Waals surface area (Å²) >= 11 is 5.89. The molecule has 23 heavy (non-hydrogen) atoms. The number of rotatable bonds is 1. The van der Waals surface area contributed by atoms with Gasteiger partial charge in [-0.05, 0) is 36.4 Å². The van der Waals surface area contributed by atoms with E-state index in [1.165, 1.54) is 6.07 Å². The average Bonchev–Trinajstić information content (AvgIpc) is 2.58. The molecule has 3 aromatic rings. The number of hydrogen-bond acceptors (Lipinski definition) is 5. The van der Waals surface area contributed by atoms with Crippen LogP contribution in [0.3, 0.4) is 0 Å². The summed E-state index contributed by atoms with van der Waals surface area (Å²) in [5, 5.41) is 10.9. The smallest absolute Gasteiger partial charge is 0.235 e. The summed E-state index contributed by atoms with van der Waals surface area (Å²) in [6, 6.07) is 9.78. The Balaban J connectivity index is 1.94. The molecule has 0 amide bonds. The van der Waals surface area contributed by atoms with Crippen molar-refractivity contribution >= 4 is 22.6 Å². The summed E-state index contributed by atoms with van der Waals surface area (Å²) < 4.78 is 16.7. The summed E-state index contributed by atoms with van der Waals surface area (Å²) in [5.74, 6) is 0.791. The second-order valence-electron chi connectivity index (χ2n) is 5.11. The van der Waals surface area contributed by atoms with Crippen LogP contribution in [0.15, 0.2) is 45.6 Å². The van der Waals surface area contributed by atoms with E-state index in [-0.39, 0.29) is 11.1 Å². The first-order chi connectivity index (χ1) is 11.1. The molecule has 5 nitrogen and oxygen atoms in total. The van der Waals surface area contributed by atoms with Crippen molar-refractivity contribution < 1.29 is 19.0 Å². The van der Waals surface area contributed by atoms with Gasteiger partial charge in [-0.3, -0.25) is 4.79 Å². The summed E-state index contributed by atoms with van der Waals surface area (Å²) in [6.45, 7) is 0.937. The molecule has 6 heteroatoms. The van der Waals surface area contributed by atoms with Crippen LogP contribution in [0, 0.1) is 0 Å². The third kappa shape index (κ3) is 2.29. The van der Waals surface area contributed by atoms with Crippen LogP contribution < -0.4 is 14.9 Å². The molecule has 0 unspecified atom stereocenters. The summed E-state index contributed by atoms with van der Waals surface area (Å²) in [7, 11) is 0. The van der Waals surface area contributed by atoms with Crippen molar-refractivity contribution in [3.8, 4) is 28.6 Å². The Hall–Kier alpha value is -2.66. The number of benzene rings is 2. The number of halogens is 1. The van der Waals surface area contributed by atoms with Gasteiger partial charge in [-0.15, -0.1) is 0 Å². The van der Waals surface area contributed by atoms with E-state index in [2.05, 4.69) is 0 Å². The van der Waals surface area contributed by atoms with Gasteiger partial charge in [0.05, 0.1) is 5.39 Å². The van der Waals surface area contributed by atoms with E-state index >= 15 is 0 Å². The highest BCUT2D eigenvalue weighted by atomic mass is 35.5. The fourth-order valence-electron chi connectivity index (χ4n) is 2.54. The molecular weight excluding hydrogens is 320 g/mol. The fourth-order valence-corrected chi connectivity index (χ4v) is 2.71. The molecule has 0 radical (unpaired) electrons. The molecule has 1 N–H and O–H groups in total. The van der Waals surface area contributed by atoms with Gasteiger partial charge in [0, 0.05) is 10.6 Å². The second kappa shape index (κ2) is 5.21. The number of ether oxygens (including phenoxy) is 2. The molecule has 0 fully saturated rings. The van der Waals surface area contributed by atoms with E-state index in [9.17, 15) is 9.90 Å². The standard InChI is InChI=1S/C17H11ClO5/c18-10-2-4-12-11(8-10)15(19)16(20)17(23-12)9-1-3-13-14(7-9)22-6-5-21-13/h1-4,7-8,20H,5-6H2. The van der Waals surface area contributed by atoms with Gasteiger partial charge in [0.25, 0.3) is 0 Å². The average molecular weight is 331 g/mol. The summed E-state index contributed by atoms with van der Waals surface area (Å²) in [5.41, 5.74) is 0.349. The van der Waals surface area contributed by atoms with Crippen LogP contribution >= 0.6 is 11.6 Å². The monoisotopic (exact) mass is 330 g/mol. The normalized spacial score (nSPS) is 13.3. The Morgan fingerprint density at radius 1 is 1.00 bits per heavy atom. The number of hydrogen-bond donors (Lipinski definition) is 1. The minimum absolute atomic E-state index is 0.0850. The molecule has 0 saturated carbocycles. The maximum atomic E-state index is 12.3. The van der Waals surface area contributed by atoms with E-state index < -0.39 is 11.2 Å². The Bertz CT molecular complexity index is 977. The van der Waals surface area contributed by atoms with Crippen molar-refractivity contribution in [1.82, 2.24) is 0 Å². The Kier molecular flexibility index (Phi) is 3.16. The predicted octanol–water partition coefficient (Wildman–Crippen LogP) is 3.59. The lowest BCUT2D eigenvalue weighted by atomic mass is 10.1. The molecule has 1 aliphatic heterocycles. The van der Waals surface area contributed by atoms with Crippen LogP contribution in [-0.4, -0.2) is 18.3 Å². The van der Waals surface area contributed by atoms with Crippen molar-refractivity contribution in [3.05, 3.63) is 51.6 Å². The molecule has 0 saturated heterocycles. The van der Waals surface area contributed by atoms with Gasteiger partial charge in [-0.2, -0.15) is 0 Å². The van der Waals surface area contributed by atoms with Crippen molar-refractivity contribution in [2.75, 3.05) is 13.2 Å². The van der Waals surface area contributed by atoms with Gasteiger partial charge in [0.2, 0.25) is 11.2 Å². The SMILES string of the molecule is O=c1c(O)c(-c2ccc3c(c2)OCCO3)oc2ccc(Cl)cc12. The lowest BCUT2D eigenvalue weighted by Gasteiger charge is -2.18. The van der Waals surface area contributed by atoms with E-state index in [0.29, 0.717) is 40.9 Å². The molecule has 2 aromatic carbocycles. The zero-order valence-electron chi connectivity index (χ0n) is 11.8. The zero-order chi connectivity index (χ0) is 16.0. The highest BCUT2D eigenvalue weighted by Crippen LogP contribution is 2.37. The Morgan fingerprint density at radius 3 is 2.61 bits per heavy atom. The summed E-state index contributed by atoms with van der Waals surface area (Å²) in [6.07, 6.45) is 0. The lowest BCUT2D eigenvalue weighted by Crippen LogP contribution is -2.15. The number of aromatic hydroxyl groups is 1. The first kappa shape index (κ1) is 14.0. The molecular formula is C17H11ClO5. The second-order valence-corrected chi connectivity index (χ2v) is 5.54. The van der Waals surface area contributed by atoms with Crippen molar-refractivity contribution in [2.45, 2.75) is 0 Å². The minimum Gasteiger partial charge on any atom is -0.502 e. The van der Waals surface area contributed by atoms with Gasteiger partial charge in [-0.25, -0.2) is 0 Å². The van der Waals surface area contributed by atoms with E-state index in [0.717, 1.165) is 0 Å². The Morgan fingerprint density at radius 2 is 1.78 bits per heavy atom. The van der Waals surface area contributed by atoms with Crippen LogP contribution in [0.1, 0.15) is 0 Å². The Labute approximate surface area is 135 Å². The maximum absolute atomic E-state index is 12.3. The molecule has 4 rings (SSSR count). The first-order valence-corrected chi connectivity index (χ1v) is 7.36. The highest BCUT2D eigenvalue weighted by Gasteiger charge is 2.19. The third-order valence-corrected chi connectivity index (χ3v) is 3.87.